The summed E-state index contributed by atoms with van der Waals surface area (Å²) in [7, 11) is 0. The third kappa shape index (κ3) is 4.08. The maximum atomic E-state index is 11.4. The first-order valence-corrected chi connectivity index (χ1v) is 5.42. The van der Waals surface area contributed by atoms with Gasteiger partial charge in [-0.2, -0.15) is 0 Å². The molecule has 0 aromatic heterocycles. The maximum absolute atomic E-state index is 11.4. The number of nitrogens with two attached hydrogens (primary N) is 2. The lowest BCUT2D eigenvalue weighted by Crippen LogP contribution is -2.39. The molecule has 0 saturated heterocycles. The van der Waals surface area contributed by atoms with Crippen LogP contribution in [0.5, 0.6) is 0 Å². The van der Waals surface area contributed by atoms with E-state index in [0.29, 0.717) is 16.9 Å². The molecule has 0 bridgehead atoms. The quantitative estimate of drug-likeness (QED) is 0.351. The summed E-state index contributed by atoms with van der Waals surface area (Å²) in [5.74, 6) is -0.426. The molecule has 7 N–H and O–H groups in total. The van der Waals surface area contributed by atoms with E-state index in [1.54, 1.807) is 18.2 Å². The van der Waals surface area contributed by atoms with Gasteiger partial charge in [-0.25, -0.2) is 0 Å². The second-order valence-electron chi connectivity index (χ2n) is 3.79. The number of benzene rings is 1. The monoisotopic (exact) mass is 251 g/mol. The maximum Gasteiger partial charge on any atom is 0.244 e. The largest absolute Gasteiger partial charge is 0.399 e. The lowest BCUT2D eigenvalue weighted by molar-refractivity contribution is -0.117. The van der Waals surface area contributed by atoms with Crippen molar-refractivity contribution in [2.75, 3.05) is 24.7 Å². The average molecular weight is 251 g/mol. The Balaban J connectivity index is 2.68. The topological polar surface area (TPSA) is 122 Å². The number of rotatable bonds is 5. The zero-order valence-corrected chi connectivity index (χ0v) is 9.84. The van der Waals surface area contributed by atoms with Gasteiger partial charge in [-0.3, -0.25) is 4.79 Å². The molecule has 1 rings (SSSR count). The minimum Gasteiger partial charge on any atom is -0.399 e. The molecule has 0 saturated carbocycles. The molecule has 6 heteroatoms. The van der Waals surface area contributed by atoms with Gasteiger partial charge < -0.3 is 27.0 Å². The van der Waals surface area contributed by atoms with Crippen molar-refractivity contribution >= 4 is 23.4 Å². The van der Waals surface area contributed by atoms with Gasteiger partial charge in [-0.15, -0.1) is 0 Å². The number of amides is 1. The summed E-state index contributed by atoms with van der Waals surface area (Å²) in [5.41, 5.74) is 13.0. The molecule has 0 atom stereocenters. The van der Waals surface area contributed by atoms with Crippen molar-refractivity contribution in [3.8, 4) is 0 Å². The number of anilines is 2. The first kappa shape index (κ1) is 14.0. The van der Waals surface area contributed by atoms with E-state index in [0.717, 1.165) is 0 Å². The van der Waals surface area contributed by atoms with Gasteiger partial charge in [0.25, 0.3) is 0 Å². The fourth-order valence-corrected chi connectivity index (χ4v) is 1.30. The highest BCUT2D eigenvalue weighted by molar-refractivity contribution is 5.93. The van der Waals surface area contributed by atoms with Crippen molar-refractivity contribution in [1.29, 1.82) is 0 Å². The molecule has 0 aliphatic carbocycles. The predicted molar refractivity (Wildman–Crippen MR) is 70.4 cm³/mol. The number of carbonyl (C=O) groups excluding carboxylic acids is 1. The molecule has 0 heterocycles. The summed E-state index contributed by atoms with van der Waals surface area (Å²) < 4.78 is 0. The lowest BCUT2D eigenvalue weighted by atomic mass is 10.1. The minimum atomic E-state index is -0.666. The predicted octanol–water partition coefficient (Wildman–Crippen LogP) is -0.666. The van der Waals surface area contributed by atoms with Crippen LogP contribution in [0.15, 0.2) is 24.3 Å². The Labute approximate surface area is 105 Å². The number of carbonyl (C=O) groups is 1. The van der Waals surface area contributed by atoms with Gasteiger partial charge in [0.1, 0.15) is 0 Å². The zero-order chi connectivity index (χ0) is 13.5. The molecule has 0 spiro atoms. The summed E-state index contributed by atoms with van der Waals surface area (Å²) in [5, 5.41) is 20.0. The zero-order valence-electron chi connectivity index (χ0n) is 9.84. The van der Waals surface area contributed by atoms with E-state index in [-0.39, 0.29) is 13.2 Å². The van der Waals surface area contributed by atoms with Crippen LogP contribution in [0, 0.1) is 0 Å². The Morgan fingerprint density at radius 1 is 1.33 bits per heavy atom. The third-order valence-corrected chi connectivity index (χ3v) is 2.31. The summed E-state index contributed by atoms with van der Waals surface area (Å²) in [6, 6.07) is 4.30. The van der Waals surface area contributed by atoms with Gasteiger partial charge in [0, 0.05) is 17.5 Å². The second kappa shape index (κ2) is 6.63. The van der Waals surface area contributed by atoms with Gasteiger partial charge in [-0.1, -0.05) is 0 Å². The Kier molecular flexibility index (Phi) is 5.16. The van der Waals surface area contributed by atoms with E-state index in [9.17, 15) is 4.79 Å². The minimum absolute atomic E-state index is 0.323. The highest BCUT2D eigenvalue weighted by Crippen LogP contribution is 2.16. The highest BCUT2D eigenvalue weighted by atomic mass is 16.3. The Morgan fingerprint density at radius 3 is 2.61 bits per heavy atom. The normalized spacial score (nSPS) is 11.1. The number of nitrogens with one attached hydrogen (secondary N) is 1. The Bertz CT molecular complexity index is 442. The smallest absolute Gasteiger partial charge is 0.244 e. The summed E-state index contributed by atoms with van der Waals surface area (Å²) >= 11 is 0. The fourth-order valence-electron chi connectivity index (χ4n) is 1.30. The van der Waals surface area contributed by atoms with Crippen LogP contribution in [-0.2, 0) is 4.79 Å². The van der Waals surface area contributed by atoms with E-state index < -0.39 is 11.9 Å². The molecular formula is C12H17N3O3. The van der Waals surface area contributed by atoms with Crippen LogP contribution in [0.4, 0.5) is 11.4 Å². The molecule has 0 unspecified atom stereocenters. The first-order valence-electron chi connectivity index (χ1n) is 5.42. The molecule has 0 fully saturated rings. The van der Waals surface area contributed by atoms with E-state index in [1.807, 2.05) is 0 Å². The van der Waals surface area contributed by atoms with Crippen LogP contribution >= 0.6 is 0 Å². The van der Waals surface area contributed by atoms with E-state index in [4.69, 9.17) is 21.7 Å². The van der Waals surface area contributed by atoms with Crippen LogP contribution in [-0.4, -0.2) is 35.4 Å². The summed E-state index contributed by atoms with van der Waals surface area (Å²) in [4.78, 5) is 11.4. The van der Waals surface area contributed by atoms with Crippen molar-refractivity contribution in [3.05, 3.63) is 29.8 Å². The SMILES string of the molecule is Nc1ccc(N)c(C=CC(=O)NC(CO)CO)c1. The lowest BCUT2D eigenvalue weighted by Gasteiger charge is -2.11. The van der Waals surface area contributed by atoms with E-state index >= 15 is 0 Å². The van der Waals surface area contributed by atoms with Crippen molar-refractivity contribution in [3.63, 3.8) is 0 Å². The third-order valence-electron chi connectivity index (χ3n) is 2.31. The van der Waals surface area contributed by atoms with E-state index in [1.165, 1.54) is 12.2 Å². The fraction of sp³-hybridized carbons (Fsp3) is 0.250. The number of aliphatic hydroxyl groups is 2. The molecule has 6 nitrogen and oxygen atoms in total. The van der Waals surface area contributed by atoms with E-state index in [2.05, 4.69) is 5.32 Å². The van der Waals surface area contributed by atoms with Gasteiger partial charge in [0.05, 0.1) is 19.3 Å². The molecule has 0 aliphatic rings. The average Bonchev–Trinajstić information content (AvgIpc) is 2.37. The van der Waals surface area contributed by atoms with Crippen LogP contribution in [0.25, 0.3) is 6.08 Å². The number of hydrogen-bond donors (Lipinski definition) is 5. The number of aliphatic hydroxyl groups excluding tert-OH is 2. The second-order valence-corrected chi connectivity index (χ2v) is 3.79. The molecule has 0 aliphatic heterocycles. The molecule has 1 aromatic carbocycles. The molecule has 1 amide bonds. The first-order chi connectivity index (χ1) is 8.56. The summed E-state index contributed by atoms with van der Waals surface area (Å²) in [6.45, 7) is -0.646. The number of nitrogen functional groups attached to an aromatic ring is 2. The Morgan fingerprint density at radius 2 is 2.00 bits per heavy atom. The van der Waals surface area contributed by atoms with Crippen molar-refractivity contribution < 1.29 is 15.0 Å². The highest BCUT2D eigenvalue weighted by Gasteiger charge is 2.07. The van der Waals surface area contributed by atoms with Crippen LogP contribution in [0.2, 0.25) is 0 Å². The van der Waals surface area contributed by atoms with Crippen molar-refractivity contribution in [2.45, 2.75) is 6.04 Å². The summed E-state index contributed by atoms with van der Waals surface area (Å²) in [6.07, 6.45) is 2.79. The molecule has 0 radical (unpaired) electrons. The molecule has 98 valence electrons. The van der Waals surface area contributed by atoms with Crippen molar-refractivity contribution in [1.82, 2.24) is 5.32 Å². The van der Waals surface area contributed by atoms with Crippen LogP contribution < -0.4 is 16.8 Å². The Hall–Kier alpha value is -2.05. The molecule has 18 heavy (non-hydrogen) atoms. The van der Waals surface area contributed by atoms with Crippen LogP contribution in [0.1, 0.15) is 5.56 Å². The van der Waals surface area contributed by atoms with Gasteiger partial charge >= 0.3 is 0 Å². The molecule has 1 aromatic rings. The van der Waals surface area contributed by atoms with Gasteiger partial charge in [0.2, 0.25) is 5.91 Å². The molecular weight excluding hydrogens is 234 g/mol. The number of hydrogen-bond acceptors (Lipinski definition) is 5. The van der Waals surface area contributed by atoms with Crippen molar-refractivity contribution in [2.24, 2.45) is 0 Å². The standard InChI is InChI=1S/C12H17N3O3/c13-9-2-3-11(14)8(5-9)1-4-12(18)15-10(6-16)7-17/h1-5,10,16-17H,6-7,13-14H2,(H,15,18). The van der Waals surface area contributed by atoms with Crippen LogP contribution in [0.3, 0.4) is 0 Å². The van der Waals surface area contributed by atoms with Gasteiger partial charge in [0.15, 0.2) is 0 Å². The van der Waals surface area contributed by atoms with Gasteiger partial charge in [-0.05, 0) is 29.8 Å².